The van der Waals surface area contributed by atoms with E-state index in [-0.39, 0.29) is 5.56 Å². The van der Waals surface area contributed by atoms with Gasteiger partial charge in [0.15, 0.2) is 0 Å². The first kappa shape index (κ1) is 10.5. The van der Waals surface area contributed by atoms with Crippen LogP contribution in [0.25, 0.3) is 0 Å². The topological polar surface area (TPSA) is 61.8 Å². The van der Waals surface area contributed by atoms with Gasteiger partial charge in [0.1, 0.15) is 11.9 Å². The SMILES string of the molecule is N#Cc1cc(NCCCN)ccc1F. The number of halogens is 1. The van der Waals surface area contributed by atoms with Crippen molar-refractivity contribution in [3.05, 3.63) is 29.6 Å². The Bertz CT molecular complexity index is 344. The molecule has 0 amide bonds. The summed E-state index contributed by atoms with van der Waals surface area (Å²) >= 11 is 0. The molecule has 0 saturated carbocycles. The zero-order valence-electron chi connectivity index (χ0n) is 7.76. The van der Waals surface area contributed by atoms with Crippen molar-refractivity contribution in [2.45, 2.75) is 6.42 Å². The number of anilines is 1. The Labute approximate surface area is 82.3 Å². The summed E-state index contributed by atoms with van der Waals surface area (Å²) in [5.74, 6) is -0.489. The van der Waals surface area contributed by atoms with Crippen molar-refractivity contribution < 1.29 is 4.39 Å². The molecule has 0 aliphatic rings. The standard InChI is InChI=1S/C10H12FN3/c11-10-3-2-9(6-8(10)7-13)14-5-1-4-12/h2-3,6,14H,1,4-5,12H2. The average Bonchev–Trinajstić information content (AvgIpc) is 2.21. The molecule has 0 bridgehead atoms. The molecule has 0 spiro atoms. The van der Waals surface area contributed by atoms with Gasteiger partial charge in [0.05, 0.1) is 5.56 Å². The second-order valence-electron chi connectivity index (χ2n) is 2.88. The summed E-state index contributed by atoms with van der Waals surface area (Å²) < 4.78 is 12.9. The molecule has 0 saturated heterocycles. The van der Waals surface area contributed by atoms with E-state index in [2.05, 4.69) is 5.32 Å². The van der Waals surface area contributed by atoms with Crippen LogP contribution in [0.2, 0.25) is 0 Å². The van der Waals surface area contributed by atoms with Crippen LogP contribution >= 0.6 is 0 Å². The van der Waals surface area contributed by atoms with E-state index in [9.17, 15) is 4.39 Å². The number of benzene rings is 1. The monoisotopic (exact) mass is 193 g/mol. The summed E-state index contributed by atoms with van der Waals surface area (Å²) in [6.07, 6.45) is 0.846. The summed E-state index contributed by atoms with van der Waals surface area (Å²) in [7, 11) is 0. The van der Waals surface area contributed by atoms with Crippen molar-refractivity contribution in [1.29, 1.82) is 5.26 Å². The summed E-state index contributed by atoms with van der Waals surface area (Å²) in [6.45, 7) is 1.34. The van der Waals surface area contributed by atoms with Crippen molar-refractivity contribution in [3.8, 4) is 6.07 Å². The highest BCUT2D eigenvalue weighted by Crippen LogP contribution is 2.13. The van der Waals surface area contributed by atoms with Gasteiger partial charge in [-0.15, -0.1) is 0 Å². The van der Waals surface area contributed by atoms with Gasteiger partial charge in [0.25, 0.3) is 0 Å². The minimum Gasteiger partial charge on any atom is -0.385 e. The fraction of sp³-hybridized carbons (Fsp3) is 0.300. The van der Waals surface area contributed by atoms with Gasteiger partial charge in [0.2, 0.25) is 0 Å². The number of nitrogens with one attached hydrogen (secondary N) is 1. The maximum Gasteiger partial charge on any atom is 0.141 e. The lowest BCUT2D eigenvalue weighted by Crippen LogP contribution is -2.08. The van der Waals surface area contributed by atoms with Crippen molar-refractivity contribution >= 4 is 5.69 Å². The normalized spacial score (nSPS) is 9.50. The largest absolute Gasteiger partial charge is 0.385 e. The van der Waals surface area contributed by atoms with Crippen molar-refractivity contribution in [2.75, 3.05) is 18.4 Å². The molecule has 74 valence electrons. The first-order valence-corrected chi connectivity index (χ1v) is 4.41. The highest BCUT2D eigenvalue weighted by molar-refractivity contribution is 5.49. The van der Waals surface area contributed by atoms with Crippen LogP contribution in [0.5, 0.6) is 0 Å². The Balaban J connectivity index is 2.66. The minimum atomic E-state index is -0.489. The highest BCUT2D eigenvalue weighted by Gasteiger charge is 2.01. The quantitative estimate of drug-likeness (QED) is 0.711. The molecular formula is C10H12FN3. The van der Waals surface area contributed by atoms with Crippen LogP contribution in [0.15, 0.2) is 18.2 Å². The van der Waals surface area contributed by atoms with Crippen LogP contribution in [-0.2, 0) is 0 Å². The van der Waals surface area contributed by atoms with Crippen molar-refractivity contribution in [2.24, 2.45) is 5.73 Å². The molecule has 0 aromatic heterocycles. The Morgan fingerprint density at radius 1 is 1.50 bits per heavy atom. The lowest BCUT2D eigenvalue weighted by molar-refractivity contribution is 0.624. The van der Waals surface area contributed by atoms with Crippen LogP contribution < -0.4 is 11.1 Å². The molecule has 14 heavy (non-hydrogen) atoms. The molecule has 4 heteroatoms. The fourth-order valence-corrected chi connectivity index (χ4v) is 1.06. The van der Waals surface area contributed by atoms with Gasteiger partial charge in [-0.3, -0.25) is 0 Å². The lowest BCUT2D eigenvalue weighted by atomic mass is 10.2. The zero-order chi connectivity index (χ0) is 10.4. The van der Waals surface area contributed by atoms with Crippen LogP contribution in [0.1, 0.15) is 12.0 Å². The summed E-state index contributed by atoms with van der Waals surface area (Å²) in [5.41, 5.74) is 6.13. The van der Waals surface area contributed by atoms with E-state index in [0.29, 0.717) is 6.54 Å². The van der Waals surface area contributed by atoms with E-state index < -0.39 is 5.82 Å². The summed E-state index contributed by atoms with van der Waals surface area (Å²) in [6, 6.07) is 6.16. The number of nitrogens with two attached hydrogens (primary N) is 1. The van der Waals surface area contributed by atoms with Crippen LogP contribution in [-0.4, -0.2) is 13.1 Å². The Morgan fingerprint density at radius 3 is 2.93 bits per heavy atom. The van der Waals surface area contributed by atoms with Crippen molar-refractivity contribution in [1.82, 2.24) is 0 Å². The molecule has 1 aromatic rings. The van der Waals surface area contributed by atoms with E-state index in [4.69, 9.17) is 11.0 Å². The predicted molar refractivity (Wildman–Crippen MR) is 53.3 cm³/mol. The Kier molecular flexibility index (Phi) is 3.89. The fourth-order valence-electron chi connectivity index (χ4n) is 1.06. The second kappa shape index (κ2) is 5.20. The minimum absolute atomic E-state index is 0.0581. The van der Waals surface area contributed by atoms with Gasteiger partial charge in [-0.1, -0.05) is 0 Å². The molecule has 3 N–H and O–H groups in total. The van der Waals surface area contributed by atoms with Crippen molar-refractivity contribution in [3.63, 3.8) is 0 Å². The molecule has 3 nitrogen and oxygen atoms in total. The average molecular weight is 193 g/mol. The lowest BCUT2D eigenvalue weighted by Gasteiger charge is -2.05. The number of rotatable bonds is 4. The molecule has 0 fully saturated rings. The smallest absolute Gasteiger partial charge is 0.141 e. The first-order chi connectivity index (χ1) is 6.77. The molecule has 1 rings (SSSR count). The van der Waals surface area contributed by atoms with E-state index in [1.807, 2.05) is 0 Å². The van der Waals surface area contributed by atoms with E-state index in [0.717, 1.165) is 18.7 Å². The molecule has 0 aliphatic carbocycles. The van der Waals surface area contributed by atoms with E-state index in [1.165, 1.54) is 12.1 Å². The molecule has 1 aromatic carbocycles. The van der Waals surface area contributed by atoms with E-state index >= 15 is 0 Å². The van der Waals surface area contributed by atoms with Crippen LogP contribution in [0.4, 0.5) is 10.1 Å². The van der Waals surface area contributed by atoms with Gasteiger partial charge in [-0.05, 0) is 31.2 Å². The maximum atomic E-state index is 12.9. The third-order valence-electron chi connectivity index (χ3n) is 1.80. The Hall–Kier alpha value is -1.60. The number of nitriles is 1. The summed E-state index contributed by atoms with van der Waals surface area (Å²) in [5, 5.41) is 11.6. The predicted octanol–water partition coefficient (Wildman–Crippen LogP) is 1.46. The number of nitrogens with zero attached hydrogens (tertiary/aromatic N) is 1. The van der Waals surface area contributed by atoms with Crippen LogP contribution in [0.3, 0.4) is 0 Å². The third kappa shape index (κ3) is 2.71. The maximum absolute atomic E-state index is 12.9. The zero-order valence-corrected chi connectivity index (χ0v) is 7.76. The van der Waals surface area contributed by atoms with Gasteiger partial charge in [0, 0.05) is 12.2 Å². The summed E-state index contributed by atoms with van der Waals surface area (Å²) in [4.78, 5) is 0. The highest BCUT2D eigenvalue weighted by atomic mass is 19.1. The molecular weight excluding hydrogens is 181 g/mol. The van der Waals surface area contributed by atoms with Gasteiger partial charge in [-0.2, -0.15) is 5.26 Å². The van der Waals surface area contributed by atoms with Gasteiger partial charge in [-0.25, -0.2) is 4.39 Å². The molecule has 0 heterocycles. The van der Waals surface area contributed by atoms with Gasteiger partial charge >= 0.3 is 0 Å². The molecule has 0 aliphatic heterocycles. The Morgan fingerprint density at radius 2 is 2.29 bits per heavy atom. The van der Waals surface area contributed by atoms with Crippen LogP contribution in [0, 0.1) is 17.1 Å². The number of hydrogen-bond donors (Lipinski definition) is 2. The first-order valence-electron chi connectivity index (χ1n) is 4.41. The van der Waals surface area contributed by atoms with Gasteiger partial charge < -0.3 is 11.1 Å². The molecule has 0 radical (unpaired) electrons. The molecule has 0 atom stereocenters. The second-order valence-corrected chi connectivity index (χ2v) is 2.88. The van der Waals surface area contributed by atoms with E-state index in [1.54, 1.807) is 12.1 Å². The number of hydrogen-bond acceptors (Lipinski definition) is 3. The third-order valence-corrected chi connectivity index (χ3v) is 1.80. The molecule has 0 unspecified atom stereocenters.